The average molecular weight is 413 g/mol. The van der Waals surface area contributed by atoms with Gasteiger partial charge in [0, 0.05) is 25.2 Å². The predicted molar refractivity (Wildman–Crippen MR) is 108 cm³/mol. The molecule has 8 heteroatoms. The molecule has 0 amide bonds. The number of sulfonamides is 1. The Morgan fingerprint density at radius 2 is 1.89 bits per heavy atom. The van der Waals surface area contributed by atoms with E-state index in [1.54, 1.807) is 42.8 Å². The molecule has 148 valence electrons. The second-order valence-electron chi connectivity index (χ2n) is 6.18. The smallest absolute Gasteiger partial charge is 0.218 e. The van der Waals surface area contributed by atoms with E-state index in [1.807, 2.05) is 24.3 Å². The summed E-state index contributed by atoms with van der Waals surface area (Å²) >= 11 is 0. The van der Waals surface area contributed by atoms with Crippen molar-refractivity contribution in [3.8, 4) is 11.5 Å². The number of hydrogen-bond acceptors (Lipinski definition) is 5. The monoisotopic (exact) mass is 412 g/mol. The number of methoxy groups -OCH3 is 2. The highest BCUT2D eigenvalue weighted by Gasteiger charge is 2.34. The van der Waals surface area contributed by atoms with Gasteiger partial charge in [-0.15, -0.1) is 12.4 Å². The Morgan fingerprint density at radius 1 is 1.11 bits per heavy atom. The van der Waals surface area contributed by atoms with E-state index in [2.05, 4.69) is 5.32 Å². The number of rotatable bonds is 6. The summed E-state index contributed by atoms with van der Waals surface area (Å²) in [7, 11) is -0.329. The van der Waals surface area contributed by atoms with E-state index in [9.17, 15) is 8.42 Å². The number of benzene rings is 2. The van der Waals surface area contributed by atoms with Crippen LogP contribution in [0.1, 0.15) is 17.2 Å². The highest BCUT2D eigenvalue weighted by atomic mass is 35.5. The molecule has 0 spiro atoms. The summed E-state index contributed by atoms with van der Waals surface area (Å²) in [5, 5.41) is 3.29. The SMILES string of the molecule is COc1cccc(CS(=O)(=O)N2CCNCC2c2ccccc2OC)c1.Cl. The summed E-state index contributed by atoms with van der Waals surface area (Å²) in [6.45, 7) is 1.61. The number of nitrogens with zero attached hydrogens (tertiary/aromatic N) is 1. The molecule has 1 atom stereocenters. The maximum Gasteiger partial charge on any atom is 0.218 e. The molecule has 0 aromatic heterocycles. The minimum Gasteiger partial charge on any atom is -0.497 e. The van der Waals surface area contributed by atoms with Crippen molar-refractivity contribution in [3.05, 3.63) is 59.7 Å². The zero-order chi connectivity index (χ0) is 18.6. The Bertz CT molecular complexity index is 860. The minimum absolute atomic E-state index is 0. The normalized spacial score (nSPS) is 17.8. The molecule has 1 N–H and O–H groups in total. The van der Waals surface area contributed by atoms with Crippen LogP contribution < -0.4 is 14.8 Å². The molecule has 2 aromatic carbocycles. The van der Waals surface area contributed by atoms with Gasteiger partial charge in [-0.05, 0) is 23.8 Å². The van der Waals surface area contributed by atoms with E-state index in [-0.39, 0.29) is 24.2 Å². The van der Waals surface area contributed by atoms with Crippen LogP contribution in [-0.4, -0.2) is 46.6 Å². The summed E-state index contributed by atoms with van der Waals surface area (Å²) in [6, 6.07) is 14.4. The maximum absolute atomic E-state index is 13.2. The van der Waals surface area contributed by atoms with Gasteiger partial charge in [-0.2, -0.15) is 4.31 Å². The highest BCUT2D eigenvalue weighted by Crippen LogP contribution is 2.32. The molecule has 6 nitrogen and oxygen atoms in total. The van der Waals surface area contributed by atoms with Crippen molar-refractivity contribution in [2.45, 2.75) is 11.8 Å². The number of para-hydroxylation sites is 1. The Balaban J connectivity index is 0.00000261. The first-order valence-corrected chi connectivity index (χ1v) is 10.1. The van der Waals surface area contributed by atoms with Gasteiger partial charge in [0.15, 0.2) is 0 Å². The molecule has 1 fully saturated rings. The molecule has 0 aliphatic carbocycles. The third-order valence-corrected chi connectivity index (χ3v) is 6.38. The van der Waals surface area contributed by atoms with Crippen molar-refractivity contribution < 1.29 is 17.9 Å². The summed E-state index contributed by atoms with van der Waals surface area (Å²) in [4.78, 5) is 0. The van der Waals surface area contributed by atoms with Crippen LogP contribution in [0.15, 0.2) is 48.5 Å². The molecule has 0 radical (unpaired) electrons. The van der Waals surface area contributed by atoms with Crippen LogP contribution in [0.25, 0.3) is 0 Å². The molecular formula is C19H25ClN2O4S. The maximum atomic E-state index is 13.2. The summed E-state index contributed by atoms with van der Waals surface area (Å²) in [5.74, 6) is 1.29. The largest absolute Gasteiger partial charge is 0.497 e. The van der Waals surface area contributed by atoms with E-state index in [0.717, 1.165) is 5.56 Å². The molecule has 0 saturated carbocycles. The lowest BCUT2D eigenvalue weighted by Crippen LogP contribution is -2.49. The number of nitrogens with one attached hydrogen (secondary N) is 1. The zero-order valence-corrected chi connectivity index (χ0v) is 17.1. The Hall–Kier alpha value is -1.80. The fourth-order valence-electron chi connectivity index (χ4n) is 3.28. The van der Waals surface area contributed by atoms with Crippen molar-refractivity contribution >= 4 is 22.4 Å². The molecule has 1 saturated heterocycles. The molecule has 2 aromatic rings. The van der Waals surface area contributed by atoms with Gasteiger partial charge in [-0.1, -0.05) is 30.3 Å². The first-order chi connectivity index (χ1) is 12.5. The standard InChI is InChI=1S/C19H24N2O4S.ClH/c1-24-16-7-5-6-15(12-16)14-26(22,23)21-11-10-20-13-18(21)17-8-3-4-9-19(17)25-2;/h3-9,12,18,20H,10-11,13-14H2,1-2H3;1H. The quantitative estimate of drug-likeness (QED) is 0.789. The second-order valence-corrected chi connectivity index (χ2v) is 8.10. The minimum atomic E-state index is -3.50. The van der Waals surface area contributed by atoms with Gasteiger partial charge in [0.05, 0.1) is 26.0 Å². The van der Waals surface area contributed by atoms with Gasteiger partial charge in [-0.25, -0.2) is 8.42 Å². The molecular weight excluding hydrogens is 388 g/mol. The number of ether oxygens (including phenoxy) is 2. The van der Waals surface area contributed by atoms with Gasteiger partial charge < -0.3 is 14.8 Å². The molecule has 1 aliphatic rings. The van der Waals surface area contributed by atoms with Gasteiger partial charge >= 0.3 is 0 Å². The summed E-state index contributed by atoms with van der Waals surface area (Å²) in [5.41, 5.74) is 1.58. The molecule has 1 unspecified atom stereocenters. The van der Waals surface area contributed by atoms with Gasteiger partial charge in [0.2, 0.25) is 10.0 Å². The lowest BCUT2D eigenvalue weighted by Gasteiger charge is -2.36. The Morgan fingerprint density at radius 3 is 2.63 bits per heavy atom. The topological polar surface area (TPSA) is 67.9 Å². The average Bonchev–Trinajstić information content (AvgIpc) is 2.67. The summed E-state index contributed by atoms with van der Waals surface area (Å²) < 4.78 is 38.5. The van der Waals surface area contributed by atoms with Gasteiger partial charge in [-0.3, -0.25) is 0 Å². The van der Waals surface area contributed by atoms with E-state index in [1.165, 1.54) is 0 Å². The van der Waals surface area contributed by atoms with Gasteiger partial charge in [0.25, 0.3) is 0 Å². The van der Waals surface area contributed by atoms with Crippen molar-refractivity contribution in [1.29, 1.82) is 0 Å². The summed E-state index contributed by atoms with van der Waals surface area (Å²) in [6.07, 6.45) is 0. The Kier molecular flexibility index (Phi) is 7.49. The first kappa shape index (κ1) is 21.5. The van der Waals surface area contributed by atoms with Crippen LogP contribution >= 0.6 is 12.4 Å². The van der Waals surface area contributed by atoms with Crippen molar-refractivity contribution in [2.75, 3.05) is 33.9 Å². The third kappa shape index (κ3) is 4.93. The fraction of sp³-hybridized carbons (Fsp3) is 0.368. The number of halogens is 1. The van der Waals surface area contributed by atoms with Crippen LogP contribution in [-0.2, 0) is 15.8 Å². The van der Waals surface area contributed by atoms with Crippen LogP contribution in [0.5, 0.6) is 11.5 Å². The molecule has 3 rings (SSSR count). The predicted octanol–water partition coefficient (Wildman–Crippen LogP) is 2.60. The van der Waals surface area contributed by atoms with Crippen LogP contribution in [0.3, 0.4) is 0 Å². The zero-order valence-electron chi connectivity index (χ0n) is 15.4. The molecule has 1 aliphatic heterocycles. The number of piperazine rings is 1. The first-order valence-electron chi connectivity index (χ1n) is 8.51. The van der Waals surface area contributed by atoms with Crippen LogP contribution in [0.2, 0.25) is 0 Å². The molecule has 27 heavy (non-hydrogen) atoms. The van der Waals surface area contributed by atoms with Crippen molar-refractivity contribution in [1.82, 2.24) is 9.62 Å². The number of hydrogen-bond donors (Lipinski definition) is 1. The van der Waals surface area contributed by atoms with E-state index >= 15 is 0 Å². The molecule has 0 bridgehead atoms. The fourth-order valence-corrected chi connectivity index (χ4v) is 4.99. The Labute approximate surface area is 166 Å². The van der Waals surface area contributed by atoms with Crippen LogP contribution in [0.4, 0.5) is 0 Å². The second kappa shape index (κ2) is 9.41. The lowest BCUT2D eigenvalue weighted by molar-refractivity contribution is 0.264. The third-order valence-electron chi connectivity index (χ3n) is 4.53. The lowest BCUT2D eigenvalue weighted by atomic mass is 10.0. The van der Waals surface area contributed by atoms with Crippen molar-refractivity contribution in [3.63, 3.8) is 0 Å². The van der Waals surface area contributed by atoms with Gasteiger partial charge in [0.1, 0.15) is 11.5 Å². The van der Waals surface area contributed by atoms with Crippen LogP contribution in [0, 0.1) is 0 Å². The van der Waals surface area contributed by atoms with E-state index < -0.39 is 10.0 Å². The highest BCUT2D eigenvalue weighted by molar-refractivity contribution is 7.88. The van der Waals surface area contributed by atoms with Crippen molar-refractivity contribution in [2.24, 2.45) is 0 Å². The van der Waals surface area contributed by atoms with E-state index in [0.29, 0.717) is 36.7 Å². The van der Waals surface area contributed by atoms with E-state index in [4.69, 9.17) is 9.47 Å². The molecule has 1 heterocycles.